The summed E-state index contributed by atoms with van der Waals surface area (Å²) in [5.41, 5.74) is 6.25. The van der Waals surface area contributed by atoms with E-state index in [9.17, 15) is 0 Å². The van der Waals surface area contributed by atoms with Crippen molar-refractivity contribution in [2.75, 3.05) is 4.90 Å². The Balaban J connectivity index is 1.27. The van der Waals surface area contributed by atoms with Gasteiger partial charge in [0.2, 0.25) is 0 Å². The number of anilines is 3. The minimum atomic E-state index is 0.621. The number of fused-ring (bicyclic) bond motifs is 3. The Bertz CT molecular complexity index is 2500. The Morgan fingerprint density at radius 2 is 0.654 bits per heavy atom. The lowest BCUT2D eigenvalue weighted by atomic mass is 9.99. The highest BCUT2D eigenvalue weighted by molar-refractivity contribution is 5.99. The predicted octanol–water partition coefficient (Wildman–Crippen LogP) is 10.9. The maximum atomic E-state index is 5.24. The van der Waals surface area contributed by atoms with Crippen LogP contribution in [0.2, 0.25) is 0 Å². The molecule has 0 saturated carbocycles. The second-order valence-electron chi connectivity index (χ2n) is 13.0. The third kappa shape index (κ3) is 5.40. The average molecular weight is 672 g/mol. The Morgan fingerprint density at radius 3 is 0.981 bits per heavy atom. The average Bonchev–Trinajstić information content (AvgIpc) is 3.18. The summed E-state index contributed by atoms with van der Waals surface area (Å²) in [5.74, 6) is 3.73. The van der Waals surface area contributed by atoms with E-state index in [1.807, 2.05) is 23.1 Å². The van der Waals surface area contributed by atoms with Crippen LogP contribution in [0.4, 0.5) is 17.5 Å². The third-order valence-corrected chi connectivity index (χ3v) is 9.69. The standard InChI is InChI=1S/C45H33N7/c1-28-16-19-31-10-4-7-13-34(31)40(28)43-46-25-22-37(49-43)52(38-23-26-47-44(50-38)41-29(2)17-20-32-11-5-8-14-35(32)41)39-24-27-48-45(51-39)42-30(3)18-21-33-12-6-9-15-36(33)42/h4-27H,1-3H3. The number of hydrogen-bond donors (Lipinski definition) is 0. The van der Waals surface area contributed by atoms with Gasteiger partial charge in [-0.15, -0.1) is 0 Å². The number of rotatable bonds is 6. The zero-order valence-electron chi connectivity index (χ0n) is 29.0. The molecule has 0 radical (unpaired) electrons. The number of nitrogens with zero attached hydrogens (tertiary/aromatic N) is 7. The van der Waals surface area contributed by atoms with Gasteiger partial charge in [0.15, 0.2) is 17.5 Å². The van der Waals surface area contributed by atoms with Crippen molar-refractivity contribution in [3.05, 3.63) is 163 Å². The highest BCUT2D eigenvalue weighted by atomic mass is 15.3. The molecule has 248 valence electrons. The second kappa shape index (κ2) is 12.8. The molecule has 3 aromatic heterocycles. The normalized spacial score (nSPS) is 11.4. The van der Waals surface area contributed by atoms with E-state index in [2.05, 4.69) is 130 Å². The molecule has 7 nitrogen and oxygen atoms in total. The first-order valence-corrected chi connectivity index (χ1v) is 17.3. The third-order valence-electron chi connectivity index (χ3n) is 9.69. The number of aromatic nitrogens is 6. The zero-order chi connectivity index (χ0) is 35.2. The number of hydrogen-bond acceptors (Lipinski definition) is 7. The Labute approximate surface area is 301 Å². The van der Waals surface area contributed by atoms with Crippen LogP contribution in [-0.4, -0.2) is 29.9 Å². The molecule has 52 heavy (non-hydrogen) atoms. The number of benzene rings is 6. The van der Waals surface area contributed by atoms with E-state index in [1.54, 1.807) is 18.6 Å². The molecule has 0 N–H and O–H groups in total. The summed E-state index contributed by atoms with van der Waals surface area (Å²) in [5, 5.41) is 6.68. The van der Waals surface area contributed by atoms with Gasteiger partial charge in [0.1, 0.15) is 17.5 Å². The van der Waals surface area contributed by atoms with Crippen LogP contribution in [0.5, 0.6) is 0 Å². The van der Waals surface area contributed by atoms with E-state index < -0.39 is 0 Å². The summed E-state index contributed by atoms with van der Waals surface area (Å²) in [6, 6.07) is 43.5. The van der Waals surface area contributed by atoms with Gasteiger partial charge in [0.05, 0.1) is 0 Å². The molecule has 0 aliphatic rings. The van der Waals surface area contributed by atoms with Gasteiger partial charge in [-0.1, -0.05) is 109 Å². The fourth-order valence-electron chi connectivity index (χ4n) is 7.17. The van der Waals surface area contributed by atoms with Crippen LogP contribution < -0.4 is 4.90 Å². The van der Waals surface area contributed by atoms with Gasteiger partial charge in [0, 0.05) is 35.3 Å². The van der Waals surface area contributed by atoms with Crippen LogP contribution in [0.15, 0.2) is 146 Å². The fraction of sp³-hybridized carbons (Fsp3) is 0.0667. The summed E-state index contributed by atoms with van der Waals surface area (Å²) in [6.07, 6.45) is 5.42. The lowest BCUT2D eigenvalue weighted by Gasteiger charge is -2.23. The van der Waals surface area contributed by atoms with Crippen LogP contribution in [0, 0.1) is 20.8 Å². The van der Waals surface area contributed by atoms with Gasteiger partial charge >= 0.3 is 0 Å². The van der Waals surface area contributed by atoms with Crippen molar-refractivity contribution in [3.63, 3.8) is 0 Å². The van der Waals surface area contributed by atoms with Crippen LogP contribution in [-0.2, 0) is 0 Å². The van der Waals surface area contributed by atoms with Crippen molar-refractivity contribution >= 4 is 49.8 Å². The molecule has 0 spiro atoms. The molecule has 6 aromatic carbocycles. The fourth-order valence-corrected chi connectivity index (χ4v) is 7.17. The van der Waals surface area contributed by atoms with Gasteiger partial charge in [-0.05, 0) is 88.0 Å². The molecule has 0 unspecified atom stereocenters. The SMILES string of the molecule is Cc1ccc2ccccc2c1-c1nccc(N(c2ccnc(-c3c(C)ccc4ccccc34)n2)c2ccnc(-c3c(C)ccc4ccccc34)n2)n1. The second-order valence-corrected chi connectivity index (χ2v) is 13.0. The Morgan fingerprint density at radius 1 is 0.346 bits per heavy atom. The molecule has 0 aliphatic heterocycles. The van der Waals surface area contributed by atoms with Gasteiger partial charge in [0.25, 0.3) is 0 Å². The highest BCUT2D eigenvalue weighted by Gasteiger charge is 2.22. The van der Waals surface area contributed by atoms with Crippen molar-refractivity contribution in [3.8, 4) is 34.2 Å². The first kappa shape index (κ1) is 31.1. The molecule has 9 rings (SSSR count). The maximum absolute atomic E-state index is 5.24. The first-order valence-electron chi connectivity index (χ1n) is 17.3. The van der Waals surface area contributed by atoms with Gasteiger partial charge < -0.3 is 0 Å². The van der Waals surface area contributed by atoms with E-state index in [1.165, 1.54) is 0 Å². The molecule has 0 aliphatic carbocycles. The van der Waals surface area contributed by atoms with Gasteiger partial charge in [-0.3, -0.25) is 4.90 Å². The highest BCUT2D eigenvalue weighted by Crippen LogP contribution is 2.38. The minimum Gasteiger partial charge on any atom is -0.262 e. The summed E-state index contributed by atoms with van der Waals surface area (Å²) < 4.78 is 0. The molecule has 0 bridgehead atoms. The van der Waals surface area contributed by atoms with E-state index >= 15 is 0 Å². The molecule has 9 aromatic rings. The van der Waals surface area contributed by atoms with Crippen molar-refractivity contribution in [1.29, 1.82) is 0 Å². The smallest absolute Gasteiger partial charge is 0.162 e. The number of aryl methyl sites for hydroxylation is 3. The lowest BCUT2D eigenvalue weighted by Crippen LogP contribution is -2.16. The van der Waals surface area contributed by atoms with E-state index in [4.69, 9.17) is 29.9 Å². The zero-order valence-corrected chi connectivity index (χ0v) is 29.0. The lowest BCUT2D eigenvalue weighted by molar-refractivity contribution is 1.03. The van der Waals surface area contributed by atoms with Crippen molar-refractivity contribution in [1.82, 2.24) is 29.9 Å². The van der Waals surface area contributed by atoms with Crippen LogP contribution >= 0.6 is 0 Å². The monoisotopic (exact) mass is 671 g/mol. The van der Waals surface area contributed by atoms with Gasteiger partial charge in [-0.2, -0.15) is 0 Å². The van der Waals surface area contributed by atoms with Crippen LogP contribution in [0.1, 0.15) is 16.7 Å². The Kier molecular flexibility index (Phi) is 7.66. The molecule has 0 atom stereocenters. The minimum absolute atomic E-state index is 0.621. The summed E-state index contributed by atoms with van der Waals surface area (Å²) in [7, 11) is 0. The Hall–Kier alpha value is -6.86. The summed E-state index contributed by atoms with van der Waals surface area (Å²) in [4.78, 5) is 32.1. The molecular formula is C45H33N7. The largest absolute Gasteiger partial charge is 0.262 e. The van der Waals surface area contributed by atoms with Crippen LogP contribution in [0.25, 0.3) is 66.5 Å². The van der Waals surface area contributed by atoms with Crippen molar-refractivity contribution in [2.45, 2.75) is 20.8 Å². The molecule has 0 saturated heterocycles. The molecule has 0 fully saturated rings. The van der Waals surface area contributed by atoms with Crippen LogP contribution in [0.3, 0.4) is 0 Å². The van der Waals surface area contributed by atoms with E-state index in [-0.39, 0.29) is 0 Å². The summed E-state index contributed by atoms with van der Waals surface area (Å²) in [6.45, 7) is 6.30. The van der Waals surface area contributed by atoms with E-state index in [0.717, 1.165) is 65.7 Å². The topological polar surface area (TPSA) is 80.6 Å². The first-order chi connectivity index (χ1) is 25.5. The molecular weight excluding hydrogens is 639 g/mol. The predicted molar refractivity (Wildman–Crippen MR) is 211 cm³/mol. The summed E-state index contributed by atoms with van der Waals surface area (Å²) >= 11 is 0. The quantitative estimate of drug-likeness (QED) is 0.174. The molecule has 0 amide bonds. The molecule has 3 heterocycles. The van der Waals surface area contributed by atoms with E-state index in [0.29, 0.717) is 34.9 Å². The maximum Gasteiger partial charge on any atom is 0.162 e. The van der Waals surface area contributed by atoms with Gasteiger partial charge in [-0.25, -0.2) is 29.9 Å². The molecule has 7 heteroatoms. The van der Waals surface area contributed by atoms with Crippen molar-refractivity contribution in [2.24, 2.45) is 0 Å². The van der Waals surface area contributed by atoms with Crippen molar-refractivity contribution < 1.29 is 0 Å².